The summed E-state index contributed by atoms with van der Waals surface area (Å²) in [6, 6.07) is 10.7. The third-order valence-corrected chi connectivity index (χ3v) is 6.51. The van der Waals surface area contributed by atoms with Crippen LogP contribution in [0.5, 0.6) is 0 Å². The predicted octanol–water partition coefficient (Wildman–Crippen LogP) is 7.21. The van der Waals surface area contributed by atoms with Gasteiger partial charge in [-0.2, -0.15) is 0 Å². The Hall–Kier alpha value is -1.57. The fourth-order valence-electron chi connectivity index (χ4n) is 5.54. The fourth-order valence-corrected chi connectivity index (χ4v) is 5.54. The van der Waals surface area contributed by atoms with Gasteiger partial charge >= 0.3 is 0 Å². The maximum absolute atomic E-state index is 13.9. The average molecular weight is 398 g/mol. The van der Waals surface area contributed by atoms with Crippen LogP contribution in [-0.2, 0) is 10.2 Å². The largest absolute Gasteiger partial charge is 0.316 e. The number of benzene rings is 1. The Morgan fingerprint density at radius 3 is 2.00 bits per heavy atom. The first-order chi connectivity index (χ1) is 13.3. The summed E-state index contributed by atoms with van der Waals surface area (Å²) in [6.07, 6.45) is 4.32. The van der Waals surface area contributed by atoms with Gasteiger partial charge in [-0.3, -0.25) is 4.79 Å². The van der Waals surface area contributed by atoms with Crippen LogP contribution in [-0.4, -0.2) is 17.4 Å². The van der Waals surface area contributed by atoms with Crippen molar-refractivity contribution in [3.8, 4) is 0 Å². The second kappa shape index (κ2) is 8.66. The van der Waals surface area contributed by atoms with Gasteiger partial charge in [-0.25, -0.2) is 0 Å². The Kier molecular flexibility index (Phi) is 7.08. The minimum absolute atomic E-state index is 0.0230. The quantitative estimate of drug-likeness (QED) is 0.445. The average Bonchev–Trinajstić information content (AvgIpc) is 2.86. The standard InChI is InChI=1S/C27H43NO/c1-10-11-15-18-28-20(2)22(26(6,7)8)23(24(28)29)27(9,19-25(3,4)5)21-16-13-12-14-17-21/h12-14,16-17,22-23H,2,10-11,15,18-19H2,1,3-9H3. The summed E-state index contributed by atoms with van der Waals surface area (Å²) in [7, 11) is 0. The zero-order valence-corrected chi connectivity index (χ0v) is 20.1. The van der Waals surface area contributed by atoms with E-state index >= 15 is 0 Å². The van der Waals surface area contributed by atoms with E-state index in [-0.39, 0.29) is 34.0 Å². The number of carbonyl (C=O) groups is 1. The van der Waals surface area contributed by atoms with Gasteiger partial charge in [-0.1, -0.05) is 105 Å². The molecule has 3 unspecified atom stereocenters. The molecule has 29 heavy (non-hydrogen) atoms. The Morgan fingerprint density at radius 1 is 0.931 bits per heavy atom. The minimum Gasteiger partial charge on any atom is -0.316 e. The number of hydrogen-bond donors (Lipinski definition) is 0. The molecule has 162 valence electrons. The summed E-state index contributed by atoms with van der Waals surface area (Å²) in [5.41, 5.74) is 2.15. The first kappa shape index (κ1) is 23.7. The summed E-state index contributed by atoms with van der Waals surface area (Å²) in [5, 5.41) is 0. The van der Waals surface area contributed by atoms with Crippen LogP contribution in [0.3, 0.4) is 0 Å². The molecule has 1 saturated heterocycles. The molecule has 0 aliphatic carbocycles. The number of rotatable bonds is 7. The van der Waals surface area contributed by atoms with Crippen molar-refractivity contribution in [2.75, 3.05) is 6.54 Å². The molecular weight excluding hydrogens is 354 g/mol. The smallest absolute Gasteiger partial charge is 0.231 e. The highest BCUT2D eigenvalue weighted by molar-refractivity contribution is 5.86. The van der Waals surface area contributed by atoms with Crippen LogP contribution >= 0.6 is 0 Å². The highest BCUT2D eigenvalue weighted by Crippen LogP contribution is 2.55. The highest BCUT2D eigenvalue weighted by atomic mass is 16.2. The third-order valence-electron chi connectivity index (χ3n) is 6.51. The molecule has 0 N–H and O–H groups in total. The first-order valence-corrected chi connectivity index (χ1v) is 11.4. The summed E-state index contributed by atoms with van der Waals surface area (Å²) >= 11 is 0. The van der Waals surface area contributed by atoms with E-state index in [4.69, 9.17) is 0 Å². The Bertz CT molecular complexity index is 706. The van der Waals surface area contributed by atoms with Crippen molar-refractivity contribution >= 4 is 5.91 Å². The van der Waals surface area contributed by atoms with Crippen LogP contribution in [0.2, 0.25) is 0 Å². The van der Waals surface area contributed by atoms with Gasteiger partial charge in [0.25, 0.3) is 0 Å². The molecule has 3 atom stereocenters. The van der Waals surface area contributed by atoms with E-state index in [1.54, 1.807) is 0 Å². The molecule has 0 spiro atoms. The first-order valence-electron chi connectivity index (χ1n) is 11.4. The molecule has 2 nitrogen and oxygen atoms in total. The molecule has 0 aromatic heterocycles. The molecule has 1 aliphatic heterocycles. The lowest BCUT2D eigenvalue weighted by Crippen LogP contribution is -2.45. The Labute approximate surface area is 179 Å². The maximum Gasteiger partial charge on any atom is 0.231 e. The summed E-state index contributed by atoms with van der Waals surface area (Å²) < 4.78 is 0. The van der Waals surface area contributed by atoms with Crippen LogP contribution in [0, 0.1) is 22.7 Å². The normalized spacial score (nSPS) is 22.8. The van der Waals surface area contributed by atoms with Crippen molar-refractivity contribution in [2.45, 2.75) is 86.5 Å². The van der Waals surface area contributed by atoms with Crippen molar-refractivity contribution in [1.29, 1.82) is 0 Å². The van der Waals surface area contributed by atoms with Gasteiger partial charge in [0.15, 0.2) is 0 Å². The van der Waals surface area contributed by atoms with Gasteiger partial charge in [0.1, 0.15) is 0 Å². The molecule has 2 rings (SSSR count). The van der Waals surface area contributed by atoms with E-state index in [9.17, 15) is 4.79 Å². The van der Waals surface area contributed by atoms with E-state index in [2.05, 4.69) is 92.3 Å². The minimum atomic E-state index is -0.239. The summed E-state index contributed by atoms with van der Waals surface area (Å²) in [4.78, 5) is 16.0. The van der Waals surface area contributed by atoms with Gasteiger partial charge in [0, 0.05) is 23.6 Å². The van der Waals surface area contributed by atoms with Gasteiger partial charge in [0.05, 0.1) is 5.92 Å². The van der Waals surface area contributed by atoms with Crippen LogP contribution in [0.25, 0.3) is 0 Å². The number of allylic oxidation sites excluding steroid dienone is 1. The van der Waals surface area contributed by atoms with Gasteiger partial charge in [0.2, 0.25) is 5.91 Å². The number of nitrogens with zero attached hydrogens (tertiary/aromatic N) is 1. The lowest BCUT2D eigenvalue weighted by Gasteiger charge is -2.45. The van der Waals surface area contributed by atoms with Crippen LogP contribution in [0.1, 0.15) is 86.6 Å². The molecular formula is C27H43NO. The zero-order chi connectivity index (χ0) is 22.0. The number of amides is 1. The van der Waals surface area contributed by atoms with E-state index in [0.29, 0.717) is 0 Å². The monoisotopic (exact) mass is 397 g/mol. The van der Waals surface area contributed by atoms with E-state index < -0.39 is 0 Å². The molecule has 1 aromatic carbocycles. The highest BCUT2D eigenvalue weighted by Gasteiger charge is 2.56. The summed E-state index contributed by atoms with van der Waals surface area (Å²) in [5.74, 6) is 0.337. The second-order valence-corrected chi connectivity index (χ2v) is 11.5. The molecule has 1 heterocycles. The molecule has 2 heteroatoms. The van der Waals surface area contributed by atoms with Crippen molar-refractivity contribution in [3.63, 3.8) is 0 Å². The second-order valence-electron chi connectivity index (χ2n) is 11.5. The zero-order valence-electron chi connectivity index (χ0n) is 20.1. The molecule has 1 aromatic rings. The van der Waals surface area contributed by atoms with Crippen molar-refractivity contribution in [2.24, 2.45) is 22.7 Å². The number of hydrogen-bond acceptors (Lipinski definition) is 1. The van der Waals surface area contributed by atoms with Crippen LogP contribution in [0.15, 0.2) is 42.6 Å². The van der Waals surface area contributed by atoms with Crippen LogP contribution in [0.4, 0.5) is 0 Å². The molecule has 0 radical (unpaired) electrons. The van der Waals surface area contributed by atoms with Gasteiger partial charge in [-0.15, -0.1) is 0 Å². The topological polar surface area (TPSA) is 20.3 Å². The van der Waals surface area contributed by atoms with E-state index in [1.165, 1.54) is 5.56 Å². The van der Waals surface area contributed by atoms with E-state index in [0.717, 1.165) is 37.9 Å². The fraction of sp³-hybridized carbons (Fsp3) is 0.667. The van der Waals surface area contributed by atoms with Crippen molar-refractivity contribution < 1.29 is 4.79 Å². The molecule has 1 fully saturated rings. The van der Waals surface area contributed by atoms with Gasteiger partial charge in [-0.05, 0) is 29.2 Å². The van der Waals surface area contributed by atoms with Crippen LogP contribution < -0.4 is 0 Å². The van der Waals surface area contributed by atoms with Gasteiger partial charge < -0.3 is 4.90 Å². The molecule has 1 aliphatic rings. The third kappa shape index (κ3) is 5.13. The number of unbranched alkanes of at least 4 members (excludes halogenated alkanes) is 2. The Balaban J connectivity index is 2.59. The number of carbonyl (C=O) groups excluding carboxylic acids is 1. The summed E-state index contributed by atoms with van der Waals surface area (Å²) in [6.45, 7) is 23.4. The molecule has 0 saturated carbocycles. The molecule has 1 amide bonds. The van der Waals surface area contributed by atoms with Crippen molar-refractivity contribution in [3.05, 3.63) is 48.2 Å². The number of likely N-dealkylation sites (tertiary alicyclic amines) is 1. The van der Waals surface area contributed by atoms with E-state index in [1.807, 2.05) is 4.90 Å². The Morgan fingerprint density at radius 2 is 1.52 bits per heavy atom. The molecule has 0 bridgehead atoms. The SMILES string of the molecule is C=C1C(C(C)(C)C)C(C(C)(CC(C)(C)C)c2ccccc2)C(=O)N1CCCCC. The lowest BCUT2D eigenvalue weighted by molar-refractivity contribution is -0.133. The predicted molar refractivity (Wildman–Crippen MR) is 125 cm³/mol. The maximum atomic E-state index is 13.9. The lowest BCUT2D eigenvalue weighted by atomic mass is 9.57. The van der Waals surface area contributed by atoms with Crippen molar-refractivity contribution in [1.82, 2.24) is 4.90 Å².